The Bertz CT molecular complexity index is 654. The number of nitrogens with one attached hydrogen (secondary N) is 1. The van der Waals surface area contributed by atoms with Crippen LogP contribution in [0.4, 0.5) is 0 Å². The molecule has 2 heterocycles. The molecule has 2 aromatic rings. The Morgan fingerprint density at radius 1 is 1.41 bits per heavy atom. The van der Waals surface area contributed by atoms with Gasteiger partial charge < -0.3 is 10.1 Å². The first-order valence-electron chi connectivity index (χ1n) is 7.26. The minimum absolute atomic E-state index is 0.272. The molecule has 3 rings (SSSR count). The summed E-state index contributed by atoms with van der Waals surface area (Å²) in [6.07, 6.45) is 2.46. The minimum Gasteiger partial charge on any atom is -0.448 e. The number of carbonyl (C=O) groups is 2. The summed E-state index contributed by atoms with van der Waals surface area (Å²) in [4.78, 5) is 27.0. The number of ether oxygens (including phenoxy) is 1. The van der Waals surface area contributed by atoms with Gasteiger partial charge in [-0.2, -0.15) is 0 Å². The number of aryl methyl sites for hydroxylation is 2. The van der Waals surface area contributed by atoms with Crippen molar-refractivity contribution >= 4 is 34.6 Å². The van der Waals surface area contributed by atoms with Gasteiger partial charge in [-0.05, 0) is 49.3 Å². The molecule has 116 valence electrons. The van der Waals surface area contributed by atoms with Crippen LogP contribution in [0.15, 0.2) is 23.6 Å². The topological polar surface area (TPSA) is 55.4 Å². The number of hydrogen-bond acceptors (Lipinski definition) is 5. The van der Waals surface area contributed by atoms with Gasteiger partial charge in [0.05, 0.1) is 6.54 Å². The Morgan fingerprint density at radius 2 is 2.27 bits per heavy atom. The van der Waals surface area contributed by atoms with Crippen molar-refractivity contribution < 1.29 is 14.3 Å². The summed E-state index contributed by atoms with van der Waals surface area (Å²) in [7, 11) is 0. The second-order valence-corrected chi connectivity index (χ2v) is 7.43. The van der Waals surface area contributed by atoms with Crippen molar-refractivity contribution in [2.24, 2.45) is 0 Å². The van der Waals surface area contributed by atoms with Gasteiger partial charge in [-0.25, -0.2) is 4.79 Å². The smallest absolute Gasteiger partial charge is 0.349 e. The standard InChI is InChI=1S/C16H17NO3S2/c1-10(15(18)17-9-12-5-3-7-21-12)20-16(19)14-8-11-4-2-6-13(11)22-14/h3,5,7-8,10H,2,4,6,9H2,1H3,(H,17,18)/t10-/m0/s1. The third-order valence-electron chi connectivity index (χ3n) is 3.62. The number of amides is 1. The Labute approximate surface area is 137 Å². The van der Waals surface area contributed by atoms with Crippen molar-refractivity contribution in [3.63, 3.8) is 0 Å². The van der Waals surface area contributed by atoms with Crippen LogP contribution in [0.25, 0.3) is 0 Å². The summed E-state index contributed by atoms with van der Waals surface area (Å²) in [5.41, 5.74) is 1.26. The van der Waals surface area contributed by atoms with E-state index < -0.39 is 12.1 Å². The molecule has 6 heteroatoms. The van der Waals surface area contributed by atoms with E-state index in [1.807, 2.05) is 23.6 Å². The van der Waals surface area contributed by atoms with Gasteiger partial charge in [0.15, 0.2) is 6.10 Å². The third kappa shape index (κ3) is 3.39. The van der Waals surface area contributed by atoms with E-state index >= 15 is 0 Å². The van der Waals surface area contributed by atoms with Gasteiger partial charge in [0, 0.05) is 9.75 Å². The fourth-order valence-electron chi connectivity index (χ4n) is 2.43. The Balaban J connectivity index is 1.52. The molecule has 0 fully saturated rings. The normalized spacial score (nSPS) is 14.4. The lowest BCUT2D eigenvalue weighted by molar-refractivity contribution is -0.129. The predicted octanol–water partition coefficient (Wildman–Crippen LogP) is 3.16. The molecule has 1 amide bonds. The molecule has 0 bridgehead atoms. The lowest BCUT2D eigenvalue weighted by Crippen LogP contribution is -2.35. The van der Waals surface area contributed by atoms with Gasteiger partial charge in [0.2, 0.25) is 0 Å². The van der Waals surface area contributed by atoms with Crippen LogP contribution >= 0.6 is 22.7 Å². The highest BCUT2D eigenvalue weighted by atomic mass is 32.1. The average Bonchev–Trinajstić information content (AvgIpc) is 3.20. The highest BCUT2D eigenvalue weighted by Crippen LogP contribution is 2.31. The van der Waals surface area contributed by atoms with Gasteiger partial charge in [-0.15, -0.1) is 22.7 Å². The quantitative estimate of drug-likeness (QED) is 0.854. The highest BCUT2D eigenvalue weighted by Gasteiger charge is 2.23. The Kier molecular flexibility index (Phi) is 4.59. The number of thiophene rings is 2. The lowest BCUT2D eigenvalue weighted by atomic mass is 10.2. The van der Waals surface area contributed by atoms with E-state index in [2.05, 4.69) is 5.32 Å². The van der Waals surface area contributed by atoms with E-state index in [1.54, 1.807) is 18.3 Å². The number of esters is 1. The first kappa shape index (κ1) is 15.2. The molecule has 2 aromatic heterocycles. The first-order valence-corrected chi connectivity index (χ1v) is 8.96. The maximum Gasteiger partial charge on any atom is 0.349 e. The van der Waals surface area contributed by atoms with Crippen molar-refractivity contribution in [3.8, 4) is 0 Å². The van der Waals surface area contributed by atoms with Crippen LogP contribution in [0.5, 0.6) is 0 Å². The van der Waals surface area contributed by atoms with Crippen molar-refractivity contribution in [3.05, 3.63) is 43.8 Å². The molecule has 1 N–H and O–H groups in total. The summed E-state index contributed by atoms with van der Waals surface area (Å²) in [6.45, 7) is 2.06. The summed E-state index contributed by atoms with van der Waals surface area (Å²) in [5.74, 6) is -0.677. The van der Waals surface area contributed by atoms with Crippen molar-refractivity contribution in [1.29, 1.82) is 0 Å². The molecular weight excluding hydrogens is 318 g/mol. The zero-order valence-electron chi connectivity index (χ0n) is 12.3. The van der Waals surface area contributed by atoms with E-state index in [9.17, 15) is 9.59 Å². The maximum atomic E-state index is 12.1. The third-order valence-corrected chi connectivity index (χ3v) is 5.71. The van der Waals surface area contributed by atoms with Crippen LogP contribution in [0.3, 0.4) is 0 Å². The molecule has 0 saturated heterocycles. The second-order valence-electron chi connectivity index (χ2n) is 5.26. The van der Waals surface area contributed by atoms with E-state index in [-0.39, 0.29) is 5.91 Å². The molecular formula is C16H17NO3S2. The summed E-state index contributed by atoms with van der Waals surface area (Å²) in [5, 5.41) is 4.74. The number of hydrogen-bond donors (Lipinski definition) is 1. The Hall–Kier alpha value is -1.66. The number of carbonyl (C=O) groups excluding carboxylic acids is 2. The fourth-order valence-corrected chi connectivity index (χ4v) is 4.21. The molecule has 0 unspecified atom stereocenters. The maximum absolute atomic E-state index is 12.1. The molecule has 0 spiro atoms. The van der Waals surface area contributed by atoms with Crippen LogP contribution in [-0.4, -0.2) is 18.0 Å². The van der Waals surface area contributed by atoms with Crippen LogP contribution in [0.2, 0.25) is 0 Å². The van der Waals surface area contributed by atoms with E-state index in [0.717, 1.165) is 24.1 Å². The highest BCUT2D eigenvalue weighted by molar-refractivity contribution is 7.14. The minimum atomic E-state index is -0.788. The molecule has 0 aliphatic heterocycles. The molecule has 1 aliphatic rings. The van der Waals surface area contributed by atoms with Gasteiger partial charge in [-0.3, -0.25) is 4.79 Å². The monoisotopic (exact) mass is 335 g/mol. The summed E-state index contributed by atoms with van der Waals surface area (Å²) >= 11 is 3.07. The number of rotatable bonds is 5. The molecule has 0 radical (unpaired) electrons. The van der Waals surface area contributed by atoms with Gasteiger partial charge >= 0.3 is 5.97 Å². The van der Waals surface area contributed by atoms with Crippen LogP contribution in [0.1, 0.15) is 38.3 Å². The Morgan fingerprint density at radius 3 is 3.00 bits per heavy atom. The zero-order chi connectivity index (χ0) is 15.5. The van der Waals surface area contributed by atoms with Crippen LogP contribution in [0, 0.1) is 0 Å². The summed E-state index contributed by atoms with van der Waals surface area (Å²) in [6, 6.07) is 5.80. The number of fused-ring (bicyclic) bond motifs is 1. The fraction of sp³-hybridized carbons (Fsp3) is 0.375. The molecule has 1 aliphatic carbocycles. The molecule has 0 aromatic carbocycles. The van der Waals surface area contributed by atoms with E-state index in [0.29, 0.717) is 11.4 Å². The molecule has 0 saturated carbocycles. The predicted molar refractivity (Wildman–Crippen MR) is 87.4 cm³/mol. The molecule has 1 atom stereocenters. The molecule has 4 nitrogen and oxygen atoms in total. The van der Waals surface area contributed by atoms with Crippen LogP contribution in [-0.2, 0) is 28.9 Å². The average molecular weight is 335 g/mol. The van der Waals surface area contributed by atoms with E-state index in [4.69, 9.17) is 4.74 Å². The zero-order valence-corrected chi connectivity index (χ0v) is 13.9. The van der Waals surface area contributed by atoms with Crippen molar-refractivity contribution in [1.82, 2.24) is 5.32 Å². The van der Waals surface area contributed by atoms with Gasteiger partial charge in [0.1, 0.15) is 4.88 Å². The van der Waals surface area contributed by atoms with Gasteiger partial charge in [-0.1, -0.05) is 6.07 Å². The molecule has 22 heavy (non-hydrogen) atoms. The van der Waals surface area contributed by atoms with Crippen molar-refractivity contribution in [2.75, 3.05) is 0 Å². The largest absolute Gasteiger partial charge is 0.448 e. The van der Waals surface area contributed by atoms with E-state index in [1.165, 1.54) is 21.8 Å². The SMILES string of the molecule is C[C@H](OC(=O)c1cc2c(s1)CCC2)C(=O)NCc1cccs1. The van der Waals surface area contributed by atoms with Gasteiger partial charge in [0.25, 0.3) is 5.91 Å². The van der Waals surface area contributed by atoms with Crippen molar-refractivity contribution in [2.45, 2.75) is 38.8 Å². The first-order chi connectivity index (χ1) is 10.6. The lowest BCUT2D eigenvalue weighted by Gasteiger charge is -2.12. The van der Waals surface area contributed by atoms with Crippen LogP contribution < -0.4 is 5.32 Å². The summed E-state index contributed by atoms with van der Waals surface area (Å²) < 4.78 is 5.27. The second kappa shape index (κ2) is 6.62.